The van der Waals surface area contributed by atoms with E-state index in [1.807, 2.05) is 0 Å². The lowest BCUT2D eigenvalue weighted by molar-refractivity contribution is 0.0592. The molecule has 27 heavy (non-hydrogen) atoms. The number of methoxy groups -OCH3 is 2. The Morgan fingerprint density at radius 2 is 2.07 bits per heavy atom. The highest BCUT2D eigenvalue weighted by Gasteiger charge is 2.22. The molecular formula is C17H19N5O5. The number of benzene rings is 1. The van der Waals surface area contributed by atoms with E-state index in [0.717, 1.165) is 12.8 Å². The van der Waals surface area contributed by atoms with Gasteiger partial charge in [0.1, 0.15) is 17.6 Å². The van der Waals surface area contributed by atoms with Crippen LogP contribution in [0.4, 0.5) is 11.5 Å². The first-order chi connectivity index (χ1) is 13.1. The molecule has 0 amide bonds. The average molecular weight is 373 g/mol. The number of H-pyrrole nitrogens is 1. The zero-order valence-electron chi connectivity index (χ0n) is 14.9. The second-order valence-electron chi connectivity index (χ2n) is 6.06. The zero-order chi connectivity index (χ0) is 19.0. The topological polar surface area (TPSA) is 124 Å². The lowest BCUT2D eigenvalue weighted by Gasteiger charge is -2.13. The monoisotopic (exact) mass is 373 g/mol. The molecule has 142 valence electrons. The van der Waals surface area contributed by atoms with Crippen LogP contribution in [0.15, 0.2) is 23.3 Å². The number of imidazole rings is 1. The molecule has 1 unspecified atom stereocenters. The molecule has 1 aliphatic heterocycles. The summed E-state index contributed by atoms with van der Waals surface area (Å²) in [7, 11) is 2.88. The SMILES string of the molecule is COc1cc(Nc2[nH]c(=O)nc3c2ncn3C2CCCO2)cc(OC)c1O. The number of fused-ring (bicyclic) bond motifs is 1. The van der Waals surface area contributed by atoms with Crippen LogP contribution in [0, 0.1) is 0 Å². The van der Waals surface area contributed by atoms with Gasteiger partial charge < -0.3 is 24.6 Å². The lowest BCUT2D eigenvalue weighted by atomic mass is 10.2. The van der Waals surface area contributed by atoms with Crippen LogP contribution in [0.5, 0.6) is 17.2 Å². The Balaban J connectivity index is 1.77. The standard InChI is InChI=1S/C17H19N5O5/c1-25-10-6-9(7-11(26-2)14(10)23)19-15-13-16(21-17(24)20-15)22(8-18-13)12-4-3-5-27-12/h6-8,12,23H,3-5H2,1-2H3,(H2,19,20,21,24). The van der Waals surface area contributed by atoms with Crippen molar-refractivity contribution in [1.29, 1.82) is 0 Å². The molecule has 2 aromatic heterocycles. The fraction of sp³-hybridized carbons (Fsp3) is 0.353. The molecular weight excluding hydrogens is 354 g/mol. The number of phenols is 1. The van der Waals surface area contributed by atoms with Gasteiger partial charge in [-0.3, -0.25) is 9.55 Å². The van der Waals surface area contributed by atoms with E-state index in [1.54, 1.807) is 23.0 Å². The van der Waals surface area contributed by atoms with E-state index in [2.05, 4.69) is 20.3 Å². The Bertz CT molecular complexity index is 1010. The highest BCUT2D eigenvalue weighted by atomic mass is 16.5. The minimum Gasteiger partial charge on any atom is -0.502 e. The van der Waals surface area contributed by atoms with Crippen molar-refractivity contribution in [1.82, 2.24) is 19.5 Å². The van der Waals surface area contributed by atoms with Gasteiger partial charge in [0.15, 0.2) is 17.1 Å². The molecule has 3 heterocycles. The molecule has 10 nitrogen and oxygen atoms in total. The van der Waals surface area contributed by atoms with Crippen molar-refractivity contribution in [2.45, 2.75) is 19.1 Å². The van der Waals surface area contributed by atoms with Gasteiger partial charge in [-0.05, 0) is 12.8 Å². The molecule has 1 saturated heterocycles. The van der Waals surface area contributed by atoms with E-state index in [4.69, 9.17) is 14.2 Å². The van der Waals surface area contributed by atoms with Gasteiger partial charge in [-0.1, -0.05) is 0 Å². The summed E-state index contributed by atoms with van der Waals surface area (Å²) < 4.78 is 17.7. The highest BCUT2D eigenvalue weighted by molar-refractivity contribution is 5.85. The summed E-state index contributed by atoms with van der Waals surface area (Å²) in [5.41, 5.74) is 0.959. The molecule has 0 bridgehead atoms. The normalized spacial score (nSPS) is 16.6. The Morgan fingerprint density at radius 3 is 2.70 bits per heavy atom. The summed E-state index contributed by atoms with van der Waals surface area (Å²) >= 11 is 0. The number of aromatic amines is 1. The van der Waals surface area contributed by atoms with Crippen LogP contribution < -0.4 is 20.5 Å². The van der Waals surface area contributed by atoms with Gasteiger partial charge in [0.2, 0.25) is 5.75 Å². The Labute approximate surface area is 153 Å². The number of aromatic nitrogens is 4. The number of anilines is 2. The molecule has 1 fully saturated rings. The summed E-state index contributed by atoms with van der Waals surface area (Å²) in [5, 5.41) is 13.1. The van der Waals surface area contributed by atoms with Crippen LogP contribution in [0.25, 0.3) is 11.2 Å². The maximum absolute atomic E-state index is 12.1. The first-order valence-electron chi connectivity index (χ1n) is 8.41. The quantitative estimate of drug-likeness (QED) is 0.579. The van der Waals surface area contributed by atoms with Gasteiger partial charge >= 0.3 is 5.69 Å². The summed E-state index contributed by atoms with van der Waals surface area (Å²) in [6.07, 6.45) is 3.23. The summed E-state index contributed by atoms with van der Waals surface area (Å²) in [4.78, 5) is 23.2. The number of nitrogens with zero attached hydrogens (tertiary/aromatic N) is 3. The third-order valence-electron chi connectivity index (χ3n) is 4.41. The number of ether oxygens (including phenoxy) is 3. The molecule has 1 aromatic carbocycles. The van der Waals surface area contributed by atoms with Gasteiger partial charge in [-0.25, -0.2) is 9.78 Å². The number of hydrogen-bond acceptors (Lipinski definition) is 8. The second-order valence-corrected chi connectivity index (χ2v) is 6.06. The van der Waals surface area contributed by atoms with E-state index < -0.39 is 5.69 Å². The summed E-state index contributed by atoms with van der Waals surface area (Å²) in [6.45, 7) is 0.672. The highest BCUT2D eigenvalue weighted by Crippen LogP contribution is 2.40. The predicted octanol–water partition coefficient (Wildman–Crippen LogP) is 1.90. The van der Waals surface area contributed by atoms with Crippen molar-refractivity contribution >= 4 is 22.7 Å². The van der Waals surface area contributed by atoms with Crippen LogP contribution in [-0.2, 0) is 4.74 Å². The Hall–Kier alpha value is -3.27. The van der Waals surface area contributed by atoms with Crippen LogP contribution in [0.3, 0.4) is 0 Å². The minimum atomic E-state index is -0.512. The summed E-state index contributed by atoms with van der Waals surface area (Å²) in [6, 6.07) is 3.17. The smallest absolute Gasteiger partial charge is 0.348 e. The Morgan fingerprint density at radius 1 is 1.33 bits per heavy atom. The van der Waals surface area contributed by atoms with Gasteiger partial charge in [0.25, 0.3) is 0 Å². The van der Waals surface area contributed by atoms with E-state index >= 15 is 0 Å². The van der Waals surface area contributed by atoms with Crippen LogP contribution >= 0.6 is 0 Å². The number of nitrogens with one attached hydrogen (secondary N) is 2. The third-order valence-corrected chi connectivity index (χ3v) is 4.41. The maximum Gasteiger partial charge on any atom is 0.348 e. The number of aromatic hydroxyl groups is 1. The summed E-state index contributed by atoms with van der Waals surface area (Å²) in [5.74, 6) is 0.724. The van der Waals surface area contributed by atoms with Crippen molar-refractivity contribution in [2.24, 2.45) is 0 Å². The maximum atomic E-state index is 12.1. The van der Waals surface area contributed by atoms with Crippen molar-refractivity contribution in [3.63, 3.8) is 0 Å². The molecule has 0 radical (unpaired) electrons. The van der Waals surface area contributed by atoms with E-state index in [-0.39, 0.29) is 23.5 Å². The van der Waals surface area contributed by atoms with E-state index in [0.29, 0.717) is 29.3 Å². The molecule has 1 atom stereocenters. The molecule has 0 spiro atoms. The number of hydrogen-bond donors (Lipinski definition) is 3. The molecule has 3 aromatic rings. The molecule has 0 saturated carbocycles. The largest absolute Gasteiger partial charge is 0.502 e. The van der Waals surface area contributed by atoms with Gasteiger partial charge in [0, 0.05) is 24.4 Å². The third kappa shape index (κ3) is 3.04. The second kappa shape index (κ2) is 6.80. The van der Waals surface area contributed by atoms with Crippen molar-refractivity contribution in [3.8, 4) is 17.2 Å². The first kappa shape index (κ1) is 17.2. The molecule has 1 aliphatic rings. The fourth-order valence-corrected chi connectivity index (χ4v) is 3.12. The number of rotatable bonds is 5. The van der Waals surface area contributed by atoms with Crippen molar-refractivity contribution < 1.29 is 19.3 Å². The fourth-order valence-electron chi connectivity index (χ4n) is 3.12. The Kier molecular flexibility index (Phi) is 4.32. The van der Waals surface area contributed by atoms with Gasteiger partial charge in [-0.2, -0.15) is 4.98 Å². The molecule has 3 N–H and O–H groups in total. The molecule has 10 heteroatoms. The average Bonchev–Trinajstić information content (AvgIpc) is 3.32. The lowest BCUT2D eigenvalue weighted by Crippen LogP contribution is -2.15. The first-order valence-corrected chi connectivity index (χ1v) is 8.41. The molecule has 4 rings (SSSR count). The molecule has 0 aliphatic carbocycles. The zero-order valence-corrected chi connectivity index (χ0v) is 14.9. The number of phenolic OH excluding ortho intramolecular Hbond substituents is 1. The van der Waals surface area contributed by atoms with Crippen LogP contribution in [0.1, 0.15) is 19.1 Å². The minimum absolute atomic E-state index is 0.110. The van der Waals surface area contributed by atoms with Gasteiger partial charge in [0.05, 0.1) is 20.5 Å². The van der Waals surface area contributed by atoms with Crippen molar-refractivity contribution in [2.75, 3.05) is 26.1 Å². The van der Waals surface area contributed by atoms with E-state index in [9.17, 15) is 9.90 Å². The van der Waals surface area contributed by atoms with E-state index in [1.165, 1.54) is 14.2 Å². The van der Waals surface area contributed by atoms with Crippen LogP contribution in [-0.4, -0.2) is 45.5 Å². The predicted molar refractivity (Wildman–Crippen MR) is 96.9 cm³/mol. The van der Waals surface area contributed by atoms with Gasteiger partial charge in [-0.15, -0.1) is 0 Å². The van der Waals surface area contributed by atoms with Crippen LogP contribution in [0.2, 0.25) is 0 Å². The van der Waals surface area contributed by atoms with Crippen molar-refractivity contribution in [3.05, 3.63) is 28.9 Å².